The van der Waals surface area contributed by atoms with Crippen LogP contribution in [0.15, 0.2) is 65.5 Å². The SMILES string of the molecule is Cc1c(Nc2c(C#N)cncc2-c2cc3ccc(CN4CCN(C)CC4)cc3o2)ccc2[nH]ccc12. The summed E-state index contributed by atoms with van der Waals surface area (Å²) in [5.41, 5.74) is 7.15. The second-order valence-corrected chi connectivity index (χ2v) is 9.59. The Kier molecular flexibility index (Phi) is 5.68. The number of hydrogen-bond donors (Lipinski definition) is 2. The van der Waals surface area contributed by atoms with Crippen LogP contribution in [0.2, 0.25) is 0 Å². The molecule has 6 rings (SSSR count). The monoisotopic (exact) mass is 476 g/mol. The Morgan fingerprint density at radius 3 is 2.78 bits per heavy atom. The van der Waals surface area contributed by atoms with Gasteiger partial charge in [0.1, 0.15) is 17.4 Å². The summed E-state index contributed by atoms with van der Waals surface area (Å²) in [4.78, 5) is 12.4. The van der Waals surface area contributed by atoms with Gasteiger partial charge in [-0.2, -0.15) is 5.26 Å². The third-order valence-electron chi connectivity index (χ3n) is 7.18. The van der Waals surface area contributed by atoms with E-state index in [1.165, 1.54) is 5.56 Å². The zero-order chi connectivity index (χ0) is 24.6. The first-order valence-electron chi connectivity index (χ1n) is 12.2. The summed E-state index contributed by atoms with van der Waals surface area (Å²) in [6.07, 6.45) is 5.29. The fraction of sp³-hybridized carbons (Fsp3) is 0.241. The second-order valence-electron chi connectivity index (χ2n) is 9.59. The Morgan fingerprint density at radius 2 is 1.94 bits per heavy atom. The first-order valence-corrected chi connectivity index (χ1v) is 12.2. The predicted octanol–water partition coefficient (Wildman–Crippen LogP) is 5.65. The van der Waals surface area contributed by atoms with Crippen molar-refractivity contribution in [3.63, 3.8) is 0 Å². The number of likely N-dealkylation sites (N-methyl/N-ethyl adjacent to an activating group) is 1. The number of aromatic nitrogens is 2. The van der Waals surface area contributed by atoms with E-state index in [0.717, 1.165) is 71.4 Å². The fourth-order valence-corrected chi connectivity index (χ4v) is 4.99. The molecule has 0 unspecified atom stereocenters. The zero-order valence-electron chi connectivity index (χ0n) is 20.5. The maximum atomic E-state index is 9.85. The van der Waals surface area contributed by atoms with E-state index in [-0.39, 0.29) is 0 Å². The number of pyridine rings is 1. The molecule has 0 atom stereocenters. The van der Waals surface area contributed by atoms with Crippen LogP contribution in [0.3, 0.4) is 0 Å². The highest BCUT2D eigenvalue weighted by atomic mass is 16.3. The van der Waals surface area contributed by atoms with Crippen molar-refractivity contribution in [1.82, 2.24) is 19.8 Å². The highest BCUT2D eigenvalue weighted by molar-refractivity contribution is 5.92. The summed E-state index contributed by atoms with van der Waals surface area (Å²) in [6.45, 7) is 7.35. The summed E-state index contributed by atoms with van der Waals surface area (Å²) in [5.74, 6) is 0.689. The average Bonchev–Trinajstić information content (AvgIpc) is 3.54. The molecule has 36 heavy (non-hydrogen) atoms. The Hall–Kier alpha value is -4.12. The average molecular weight is 477 g/mol. The van der Waals surface area contributed by atoms with Crippen molar-refractivity contribution >= 4 is 33.2 Å². The van der Waals surface area contributed by atoms with Crippen LogP contribution in [0.4, 0.5) is 11.4 Å². The number of anilines is 2. The number of aryl methyl sites for hydroxylation is 1. The van der Waals surface area contributed by atoms with Gasteiger partial charge in [-0.05, 0) is 55.4 Å². The fourth-order valence-electron chi connectivity index (χ4n) is 4.99. The van der Waals surface area contributed by atoms with Crippen LogP contribution >= 0.6 is 0 Å². The lowest BCUT2D eigenvalue weighted by Gasteiger charge is -2.32. The number of furan rings is 1. The van der Waals surface area contributed by atoms with Gasteiger partial charge in [0.2, 0.25) is 0 Å². The standard InChI is InChI=1S/C29H28N6O/c1-19-23-7-8-32-26(23)6-5-25(19)33-29-22(15-30)16-31-17-24(29)28-14-21-4-3-20(13-27(21)36-28)18-35-11-9-34(2)10-12-35/h3-8,13-14,16-17,32H,9-12,18H2,1-2H3,(H,31,33). The minimum Gasteiger partial charge on any atom is -0.456 e. The van der Waals surface area contributed by atoms with Gasteiger partial charge in [0.15, 0.2) is 0 Å². The lowest BCUT2D eigenvalue weighted by atomic mass is 10.1. The van der Waals surface area contributed by atoms with E-state index >= 15 is 0 Å². The van der Waals surface area contributed by atoms with Gasteiger partial charge in [-0.25, -0.2) is 0 Å². The molecular formula is C29H28N6O. The molecule has 0 spiro atoms. The minimum atomic E-state index is 0.470. The Labute approximate surface area is 210 Å². The van der Waals surface area contributed by atoms with E-state index < -0.39 is 0 Å². The van der Waals surface area contributed by atoms with Crippen molar-refractivity contribution < 1.29 is 4.42 Å². The maximum Gasteiger partial charge on any atom is 0.139 e. The molecule has 0 saturated carbocycles. The van der Waals surface area contributed by atoms with Crippen molar-refractivity contribution in [3.8, 4) is 17.4 Å². The van der Waals surface area contributed by atoms with Crippen molar-refractivity contribution in [3.05, 3.63) is 77.7 Å². The van der Waals surface area contributed by atoms with Crippen molar-refractivity contribution in [2.45, 2.75) is 13.5 Å². The van der Waals surface area contributed by atoms with Gasteiger partial charge in [-0.3, -0.25) is 9.88 Å². The number of fused-ring (bicyclic) bond motifs is 2. The number of H-pyrrole nitrogens is 1. The lowest BCUT2D eigenvalue weighted by molar-refractivity contribution is 0.148. The molecule has 2 N–H and O–H groups in total. The zero-order valence-corrected chi connectivity index (χ0v) is 20.5. The highest BCUT2D eigenvalue weighted by Crippen LogP contribution is 2.37. The molecule has 2 aromatic carbocycles. The number of nitrogens with zero attached hydrogens (tertiary/aromatic N) is 4. The van der Waals surface area contributed by atoms with E-state index in [0.29, 0.717) is 17.0 Å². The molecule has 7 nitrogen and oxygen atoms in total. The van der Waals surface area contributed by atoms with Gasteiger partial charge in [0, 0.05) is 73.3 Å². The Morgan fingerprint density at radius 1 is 1.08 bits per heavy atom. The van der Waals surface area contributed by atoms with Crippen molar-refractivity contribution in [2.75, 3.05) is 38.5 Å². The van der Waals surface area contributed by atoms with Crippen LogP contribution in [-0.4, -0.2) is 53.0 Å². The number of benzene rings is 2. The smallest absolute Gasteiger partial charge is 0.139 e. The largest absolute Gasteiger partial charge is 0.456 e. The van der Waals surface area contributed by atoms with Gasteiger partial charge in [-0.1, -0.05) is 12.1 Å². The van der Waals surface area contributed by atoms with E-state index in [1.807, 2.05) is 24.4 Å². The third-order valence-corrected chi connectivity index (χ3v) is 7.18. The number of piperazine rings is 1. The Bertz CT molecular complexity index is 1600. The summed E-state index contributed by atoms with van der Waals surface area (Å²) < 4.78 is 6.35. The molecule has 1 fully saturated rings. The van der Waals surface area contributed by atoms with Crippen LogP contribution in [0, 0.1) is 18.3 Å². The molecule has 4 heterocycles. The molecule has 1 aliphatic rings. The summed E-state index contributed by atoms with van der Waals surface area (Å²) in [7, 11) is 2.17. The maximum absolute atomic E-state index is 9.85. The molecule has 5 aromatic rings. The predicted molar refractivity (Wildman–Crippen MR) is 143 cm³/mol. The number of hydrogen-bond acceptors (Lipinski definition) is 6. The molecule has 180 valence electrons. The van der Waals surface area contributed by atoms with Crippen LogP contribution < -0.4 is 5.32 Å². The molecule has 0 aliphatic carbocycles. The molecule has 7 heteroatoms. The van der Waals surface area contributed by atoms with Gasteiger partial charge >= 0.3 is 0 Å². The van der Waals surface area contributed by atoms with Crippen LogP contribution in [0.25, 0.3) is 33.2 Å². The molecule has 1 saturated heterocycles. The van der Waals surface area contributed by atoms with Crippen LogP contribution in [0.5, 0.6) is 0 Å². The highest BCUT2D eigenvalue weighted by Gasteiger charge is 2.18. The summed E-state index contributed by atoms with van der Waals surface area (Å²) in [6, 6.07) is 16.9. The number of nitrogens with one attached hydrogen (secondary N) is 2. The topological polar surface area (TPSA) is 84.1 Å². The normalized spacial score (nSPS) is 14.9. The molecule has 0 radical (unpaired) electrons. The van der Waals surface area contributed by atoms with Crippen molar-refractivity contribution in [2.24, 2.45) is 0 Å². The van der Waals surface area contributed by atoms with Crippen molar-refractivity contribution in [1.29, 1.82) is 5.26 Å². The molecule has 0 amide bonds. The van der Waals surface area contributed by atoms with Crippen LogP contribution in [-0.2, 0) is 6.54 Å². The molecular weight excluding hydrogens is 448 g/mol. The number of rotatable bonds is 5. The lowest BCUT2D eigenvalue weighted by Crippen LogP contribution is -2.43. The van der Waals surface area contributed by atoms with E-state index in [2.05, 4.69) is 69.4 Å². The van der Waals surface area contributed by atoms with Gasteiger partial charge < -0.3 is 19.6 Å². The summed E-state index contributed by atoms with van der Waals surface area (Å²) in [5, 5.41) is 15.5. The summed E-state index contributed by atoms with van der Waals surface area (Å²) >= 11 is 0. The molecule has 3 aromatic heterocycles. The van der Waals surface area contributed by atoms with Gasteiger partial charge in [-0.15, -0.1) is 0 Å². The number of aromatic amines is 1. The van der Waals surface area contributed by atoms with E-state index in [1.54, 1.807) is 12.4 Å². The third kappa shape index (κ3) is 4.11. The van der Waals surface area contributed by atoms with E-state index in [4.69, 9.17) is 4.42 Å². The Balaban J connectivity index is 1.35. The molecule has 0 bridgehead atoms. The number of nitriles is 1. The second kappa shape index (κ2) is 9.15. The first-order chi connectivity index (χ1) is 17.6. The van der Waals surface area contributed by atoms with Crippen LogP contribution in [0.1, 0.15) is 16.7 Å². The van der Waals surface area contributed by atoms with E-state index in [9.17, 15) is 5.26 Å². The minimum absolute atomic E-state index is 0.470. The molecule has 1 aliphatic heterocycles. The first kappa shape index (κ1) is 22.4. The van der Waals surface area contributed by atoms with Gasteiger partial charge in [0.25, 0.3) is 0 Å². The van der Waals surface area contributed by atoms with Gasteiger partial charge in [0.05, 0.1) is 16.8 Å². The quantitative estimate of drug-likeness (QED) is 0.341.